The summed E-state index contributed by atoms with van der Waals surface area (Å²) in [6.07, 6.45) is -0.582. The molecule has 0 bridgehead atoms. The van der Waals surface area contributed by atoms with Crippen LogP contribution in [0.5, 0.6) is 0 Å². The monoisotopic (exact) mass is 305 g/mol. The zero-order valence-corrected chi connectivity index (χ0v) is 12.5. The average molecular weight is 305 g/mol. The number of anilines is 2. The lowest BCUT2D eigenvalue weighted by Crippen LogP contribution is -2.12. The molecule has 7 heteroatoms. The number of hydrogen-bond acceptors (Lipinski definition) is 5. The van der Waals surface area contributed by atoms with Gasteiger partial charge in [0.15, 0.2) is 5.13 Å². The highest BCUT2D eigenvalue weighted by Crippen LogP contribution is 2.23. The van der Waals surface area contributed by atoms with Crippen molar-refractivity contribution < 1.29 is 14.3 Å². The third-order valence-electron chi connectivity index (χ3n) is 2.52. The Hall–Kier alpha value is -2.41. The van der Waals surface area contributed by atoms with Crippen LogP contribution >= 0.6 is 11.3 Å². The molecule has 0 atom stereocenters. The van der Waals surface area contributed by atoms with E-state index in [1.165, 1.54) is 0 Å². The van der Waals surface area contributed by atoms with Crippen LogP contribution in [0.15, 0.2) is 30.3 Å². The second-order valence-corrected chi connectivity index (χ2v) is 5.10. The van der Waals surface area contributed by atoms with Crippen LogP contribution in [-0.4, -0.2) is 23.6 Å². The molecule has 2 rings (SSSR count). The van der Waals surface area contributed by atoms with E-state index in [1.807, 2.05) is 18.2 Å². The highest BCUT2D eigenvalue weighted by atomic mass is 32.1. The smallest absolute Gasteiger partial charge is 0.413 e. The summed E-state index contributed by atoms with van der Waals surface area (Å²) < 4.78 is 4.77. The molecule has 0 saturated carbocycles. The lowest BCUT2D eigenvalue weighted by molar-refractivity contribution is 0.102. The second kappa shape index (κ2) is 6.85. The predicted octanol–water partition coefficient (Wildman–Crippen LogP) is 3.27. The van der Waals surface area contributed by atoms with Crippen molar-refractivity contribution in [3.8, 4) is 0 Å². The molecule has 2 N–H and O–H groups in total. The van der Waals surface area contributed by atoms with Gasteiger partial charge in [0.05, 0.1) is 12.3 Å². The van der Waals surface area contributed by atoms with E-state index < -0.39 is 6.09 Å². The highest BCUT2D eigenvalue weighted by Gasteiger charge is 2.16. The standard InChI is InChI=1S/C14H15N3O3S/c1-3-20-14(19)17-13-15-9(2)11(21-13)12(18)16-10-7-5-4-6-8-10/h4-8H,3H2,1-2H3,(H,16,18)(H,15,17,19). The third-order valence-corrected chi connectivity index (χ3v) is 3.59. The van der Waals surface area contributed by atoms with Gasteiger partial charge in [-0.05, 0) is 26.0 Å². The van der Waals surface area contributed by atoms with E-state index in [4.69, 9.17) is 4.74 Å². The molecule has 0 spiro atoms. The van der Waals surface area contributed by atoms with Gasteiger partial charge >= 0.3 is 6.09 Å². The maximum absolute atomic E-state index is 12.2. The molecule has 1 aromatic heterocycles. The molecule has 0 saturated heterocycles. The van der Waals surface area contributed by atoms with Crippen LogP contribution in [0.4, 0.5) is 15.6 Å². The van der Waals surface area contributed by atoms with Crippen molar-refractivity contribution in [2.45, 2.75) is 13.8 Å². The molecule has 2 amide bonds. The van der Waals surface area contributed by atoms with Crippen LogP contribution < -0.4 is 10.6 Å². The number of amides is 2. The number of benzene rings is 1. The van der Waals surface area contributed by atoms with Crippen molar-refractivity contribution in [2.24, 2.45) is 0 Å². The minimum Gasteiger partial charge on any atom is -0.450 e. The van der Waals surface area contributed by atoms with Crippen molar-refractivity contribution in [2.75, 3.05) is 17.2 Å². The van der Waals surface area contributed by atoms with Crippen molar-refractivity contribution in [1.29, 1.82) is 0 Å². The summed E-state index contributed by atoms with van der Waals surface area (Å²) in [6.45, 7) is 3.70. The SMILES string of the molecule is CCOC(=O)Nc1nc(C)c(C(=O)Nc2ccccc2)s1. The Morgan fingerprint density at radius 3 is 2.62 bits per heavy atom. The Labute approximate surface area is 126 Å². The van der Waals surface area contributed by atoms with Gasteiger partial charge in [-0.2, -0.15) is 0 Å². The number of nitrogens with one attached hydrogen (secondary N) is 2. The minimum absolute atomic E-state index is 0.256. The van der Waals surface area contributed by atoms with Gasteiger partial charge < -0.3 is 10.1 Å². The van der Waals surface area contributed by atoms with E-state index in [1.54, 1.807) is 26.0 Å². The zero-order valence-electron chi connectivity index (χ0n) is 11.7. The van der Waals surface area contributed by atoms with E-state index in [9.17, 15) is 9.59 Å². The molecule has 0 unspecified atom stereocenters. The fourth-order valence-corrected chi connectivity index (χ4v) is 2.47. The van der Waals surface area contributed by atoms with E-state index in [0.29, 0.717) is 21.4 Å². The molecule has 0 radical (unpaired) electrons. The Balaban J connectivity index is 2.08. The number of ether oxygens (including phenoxy) is 1. The molecular weight excluding hydrogens is 290 g/mol. The normalized spacial score (nSPS) is 10.0. The molecule has 1 heterocycles. The Kier molecular flexibility index (Phi) is 4.89. The summed E-state index contributed by atoms with van der Waals surface area (Å²) in [5.74, 6) is -0.256. The minimum atomic E-state index is -0.582. The summed E-state index contributed by atoms with van der Waals surface area (Å²) in [5, 5.41) is 5.60. The maximum Gasteiger partial charge on any atom is 0.413 e. The zero-order chi connectivity index (χ0) is 15.2. The third kappa shape index (κ3) is 4.03. The number of rotatable bonds is 4. The van der Waals surface area contributed by atoms with Gasteiger partial charge in [-0.15, -0.1) is 0 Å². The number of para-hydroxylation sites is 1. The van der Waals surface area contributed by atoms with Gasteiger partial charge in [-0.3, -0.25) is 10.1 Å². The first-order chi connectivity index (χ1) is 10.1. The average Bonchev–Trinajstić information content (AvgIpc) is 2.81. The van der Waals surface area contributed by atoms with Gasteiger partial charge in [0.1, 0.15) is 4.88 Å². The van der Waals surface area contributed by atoms with Crippen LogP contribution in [0.2, 0.25) is 0 Å². The van der Waals surface area contributed by atoms with Gasteiger partial charge in [-0.25, -0.2) is 9.78 Å². The first kappa shape index (κ1) is 15.0. The van der Waals surface area contributed by atoms with Crippen LogP contribution in [0, 0.1) is 6.92 Å². The molecule has 0 fully saturated rings. The summed E-state index contributed by atoms with van der Waals surface area (Å²) in [7, 11) is 0. The molecule has 6 nitrogen and oxygen atoms in total. The van der Waals surface area contributed by atoms with E-state index in [-0.39, 0.29) is 12.5 Å². The van der Waals surface area contributed by atoms with Crippen LogP contribution in [0.1, 0.15) is 22.3 Å². The second-order valence-electron chi connectivity index (χ2n) is 4.10. The van der Waals surface area contributed by atoms with E-state index in [0.717, 1.165) is 11.3 Å². The Bertz CT molecular complexity index is 640. The fraction of sp³-hybridized carbons (Fsp3) is 0.214. The van der Waals surface area contributed by atoms with E-state index in [2.05, 4.69) is 15.6 Å². The number of nitrogens with zero attached hydrogens (tertiary/aromatic N) is 1. The summed E-state index contributed by atoms with van der Waals surface area (Å²) >= 11 is 1.11. The van der Waals surface area contributed by atoms with Gasteiger partial charge in [0.2, 0.25) is 0 Å². The quantitative estimate of drug-likeness (QED) is 0.908. The number of carbonyl (C=O) groups is 2. The topological polar surface area (TPSA) is 80.3 Å². The Morgan fingerprint density at radius 1 is 1.24 bits per heavy atom. The molecule has 110 valence electrons. The number of aryl methyl sites for hydroxylation is 1. The van der Waals surface area contributed by atoms with Crippen LogP contribution in [-0.2, 0) is 4.74 Å². The van der Waals surface area contributed by atoms with Crippen molar-refractivity contribution >= 4 is 34.2 Å². The van der Waals surface area contributed by atoms with Gasteiger partial charge in [0.25, 0.3) is 5.91 Å². The predicted molar refractivity (Wildman–Crippen MR) is 81.9 cm³/mol. The molecule has 0 aliphatic carbocycles. The lowest BCUT2D eigenvalue weighted by atomic mass is 10.3. The van der Waals surface area contributed by atoms with Crippen molar-refractivity contribution in [3.05, 3.63) is 40.9 Å². The molecule has 2 aromatic rings. The highest BCUT2D eigenvalue weighted by molar-refractivity contribution is 7.17. The lowest BCUT2D eigenvalue weighted by Gasteiger charge is -2.03. The van der Waals surface area contributed by atoms with Gasteiger partial charge in [-0.1, -0.05) is 29.5 Å². The number of carbonyl (C=O) groups excluding carboxylic acids is 2. The fourth-order valence-electron chi connectivity index (χ4n) is 1.62. The van der Waals surface area contributed by atoms with Crippen molar-refractivity contribution in [3.63, 3.8) is 0 Å². The summed E-state index contributed by atoms with van der Waals surface area (Å²) in [5.41, 5.74) is 1.26. The van der Waals surface area contributed by atoms with Crippen molar-refractivity contribution in [1.82, 2.24) is 4.98 Å². The number of thiazole rings is 1. The molecular formula is C14H15N3O3S. The van der Waals surface area contributed by atoms with Gasteiger partial charge in [0, 0.05) is 5.69 Å². The number of hydrogen-bond donors (Lipinski definition) is 2. The molecule has 21 heavy (non-hydrogen) atoms. The molecule has 1 aromatic carbocycles. The molecule has 0 aliphatic heterocycles. The number of aromatic nitrogens is 1. The first-order valence-corrected chi connectivity index (χ1v) is 7.19. The first-order valence-electron chi connectivity index (χ1n) is 6.37. The maximum atomic E-state index is 12.2. The van der Waals surface area contributed by atoms with Crippen LogP contribution in [0.25, 0.3) is 0 Å². The largest absolute Gasteiger partial charge is 0.450 e. The van der Waals surface area contributed by atoms with E-state index >= 15 is 0 Å². The Morgan fingerprint density at radius 2 is 1.95 bits per heavy atom. The molecule has 0 aliphatic rings. The van der Waals surface area contributed by atoms with Crippen LogP contribution in [0.3, 0.4) is 0 Å². The summed E-state index contributed by atoms with van der Waals surface area (Å²) in [6, 6.07) is 9.14. The summed E-state index contributed by atoms with van der Waals surface area (Å²) in [4.78, 5) is 28.1.